The first kappa shape index (κ1) is 12.8. The van der Waals surface area contributed by atoms with Gasteiger partial charge in [0.25, 0.3) is 0 Å². The van der Waals surface area contributed by atoms with E-state index in [4.69, 9.17) is 5.26 Å². The summed E-state index contributed by atoms with van der Waals surface area (Å²) in [7, 11) is 4.03. The number of nitriles is 1. The minimum Gasteiger partial charge on any atom is -0.309 e. The molecule has 0 spiro atoms. The Balaban J connectivity index is 2.73. The van der Waals surface area contributed by atoms with Crippen molar-refractivity contribution >= 4 is 18.0 Å². The molecule has 0 fully saturated rings. The van der Waals surface area contributed by atoms with Crippen LogP contribution >= 0.6 is 11.8 Å². The molecule has 0 aromatic heterocycles. The SMILES string of the molecule is CN(C)CCSc1ccc(C=O)cc1C#N. The molecule has 0 radical (unpaired) electrons. The zero-order valence-electron chi connectivity index (χ0n) is 9.43. The van der Waals surface area contributed by atoms with Gasteiger partial charge in [-0.2, -0.15) is 5.26 Å². The van der Waals surface area contributed by atoms with Crippen LogP contribution in [0.25, 0.3) is 0 Å². The van der Waals surface area contributed by atoms with Crippen LogP contribution in [0.2, 0.25) is 0 Å². The van der Waals surface area contributed by atoms with Crippen molar-refractivity contribution in [2.45, 2.75) is 4.90 Å². The van der Waals surface area contributed by atoms with Gasteiger partial charge in [-0.05, 0) is 26.2 Å². The van der Waals surface area contributed by atoms with Crippen LogP contribution in [0.1, 0.15) is 15.9 Å². The maximum absolute atomic E-state index is 10.6. The van der Waals surface area contributed by atoms with Crippen LogP contribution in [0, 0.1) is 11.3 Å². The molecule has 0 N–H and O–H groups in total. The molecule has 3 nitrogen and oxygen atoms in total. The van der Waals surface area contributed by atoms with Gasteiger partial charge in [-0.1, -0.05) is 6.07 Å². The van der Waals surface area contributed by atoms with Gasteiger partial charge in [0.2, 0.25) is 0 Å². The highest BCUT2D eigenvalue weighted by Crippen LogP contribution is 2.22. The number of carbonyl (C=O) groups excluding carboxylic acids is 1. The third-order valence-electron chi connectivity index (χ3n) is 2.06. The maximum atomic E-state index is 10.6. The summed E-state index contributed by atoms with van der Waals surface area (Å²) in [6.45, 7) is 0.963. The lowest BCUT2D eigenvalue weighted by molar-refractivity contribution is 0.112. The molecule has 0 aliphatic carbocycles. The molecule has 1 aromatic carbocycles. The van der Waals surface area contributed by atoms with Crippen molar-refractivity contribution in [1.82, 2.24) is 4.90 Å². The molecule has 0 atom stereocenters. The van der Waals surface area contributed by atoms with Gasteiger partial charge < -0.3 is 4.90 Å². The molecule has 1 rings (SSSR count). The fourth-order valence-corrected chi connectivity index (χ4v) is 2.27. The maximum Gasteiger partial charge on any atom is 0.150 e. The van der Waals surface area contributed by atoms with Gasteiger partial charge in [0.05, 0.1) is 5.56 Å². The van der Waals surface area contributed by atoms with Crippen LogP contribution in [-0.4, -0.2) is 37.6 Å². The van der Waals surface area contributed by atoms with Crippen molar-refractivity contribution in [1.29, 1.82) is 5.26 Å². The third kappa shape index (κ3) is 3.69. The predicted molar refractivity (Wildman–Crippen MR) is 65.8 cm³/mol. The first-order valence-electron chi connectivity index (χ1n) is 4.94. The van der Waals surface area contributed by atoms with Crippen LogP contribution in [0.15, 0.2) is 23.1 Å². The summed E-state index contributed by atoms with van der Waals surface area (Å²) >= 11 is 1.64. The van der Waals surface area contributed by atoms with Gasteiger partial charge in [0.15, 0.2) is 0 Å². The molecule has 0 aliphatic rings. The smallest absolute Gasteiger partial charge is 0.150 e. The molecule has 1 aromatic rings. The van der Waals surface area contributed by atoms with Crippen LogP contribution in [0.3, 0.4) is 0 Å². The second-order valence-electron chi connectivity index (χ2n) is 3.64. The standard InChI is InChI=1S/C12H14N2OS/c1-14(2)5-6-16-12-4-3-10(9-15)7-11(12)8-13/h3-4,7,9H,5-6H2,1-2H3. The highest BCUT2D eigenvalue weighted by atomic mass is 32.2. The Morgan fingerprint density at radius 1 is 1.50 bits per heavy atom. The Labute approximate surface area is 100 Å². The molecular weight excluding hydrogens is 220 g/mol. The zero-order chi connectivity index (χ0) is 12.0. The number of carbonyl (C=O) groups is 1. The molecule has 0 heterocycles. The number of nitrogens with zero attached hydrogens (tertiary/aromatic N) is 2. The van der Waals surface area contributed by atoms with E-state index in [1.54, 1.807) is 23.9 Å². The van der Waals surface area contributed by atoms with Gasteiger partial charge in [0.1, 0.15) is 12.4 Å². The average molecular weight is 234 g/mol. The predicted octanol–water partition coefficient (Wildman–Crippen LogP) is 2.02. The molecule has 0 aliphatic heterocycles. The summed E-state index contributed by atoms with van der Waals surface area (Å²) in [5.74, 6) is 0.933. The highest BCUT2D eigenvalue weighted by Gasteiger charge is 2.04. The molecule has 84 valence electrons. The second kappa shape index (κ2) is 6.31. The number of thioether (sulfide) groups is 1. The normalized spacial score (nSPS) is 10.1. The summed E-state index contributed by atoms with van der Waals surface area (Å²) in [6, 6.07) is 7.32. The Bertz CT molecular complexity index is 410. The largest absolute Gasteiger partial charge is 0.309 e. The number of hydrogen-bond acceptors (Lipinski definition) is 4. The van der Waals surface area contributed by atoms with Crippen molar-refractivity contribution in [2.75, 3.05) is 26.4 Å². The van der Waals surface area contributed by atoms with Crippen molar-refractivity contribution in [3.05, 3.63) is 29.3 Å². The van der Waals surface area contributed by atoms with Crippen LogP contribution < -0.4 is 0 Å². The van der Waals surface area contributed by atoms with Gasteiger partial charge in [0, 0.05) is 22.8 Å². The summed E-state index contributed by atoms with van der Waals surface area (Å²) in [6.07, 6.45) is 0.759. The first-order chi connectivity index (χ1) is 7.67. The lowest BCUT2D eigenvalue weighted by atomic mass is 10.1. The number of aldehydes is 1. The van der Waals surface area contributed by atoms with Crippen LogP contribution in [-0.2, 0) is 0 Å². The molecule has 4 heteroatoms. The van der Waals surface area contributed by atoms with E-state index in [0.717, 1.165) is 23.5 Å². The topological polar surface area (TPSA) is 44.1 Å². The van der Waals surface area contributed by atoms with Crippen molar-refractivity contribution in [3.8, 4) is 6.07 Å². The van der Waals surface area contributed by atoms with Crippen LogP contribution in [0.5, 0.6) is 0 Å². The van der Waals surface area contributed by atoms with E-state index in [0.29, 0.717) is 11.1 Å². The number of rotatable bonds is 5. The number of benzene rings is 1. The van der Waals surface area contributed by atoms with E-state index in [2.05, 4.69) is 11.0 Å². The minimum absolute atomic E-state index is 0.550. The summed E-state index contributed by atoms with van der Waals surface area (Å²) in [5, 5.41) is 8.96. The first-order valence-corrected chi connectivity index (χ1v) is 5.93. The quantitative estimate of drug-likeness (QED) is 0.577. The molecule has 0 amide bonds. The molecule has 0 saturated heterocycles. The number of hydrogen-bond donors (Lipinski definition) is 0. The third-order valence-corrected chi connectivity index (χ3v) is 3.11. The van der Waals surface area contributed by atoms with Crippen molar-refractivity contribution in [3.63, 3.8) is 0 Å². The Morgan fingerprint density at radius 2 is 2.25 bits per heavy atom. The van der Waals surface area contributed by atoms with E-state index in [1.165, 1.54) is 0 Å². The van der Waals surface area contributed by atoms with Crippen molar-refractivity contribution in [2.24, 2.45) is 0 Å². The van der Waals surface area contributed by atoms with E-state index >= 15 is 0 Å². The molecular formula is C12H14N2OS. The lowest BCUT2D eigenvalue weighted by Crippen LogP contribution is -2.14. The van der Waals surface area contributed by atoms with Gasteiger partial charge in [-0.15, -0.1) is 11.8 Å². The molecule has 0 unspecified atom stereocenters. The Kier molecular flexibility index (Phi) is 5.03. The fourth-order valence-electron chi connectivity index (χ4n) is 1.17. The van der Waals surface area contributed by atoms with Gasteiger partial charge in [-0.3, -0.25) is 4.79 Å². The molecule has 0 bridgehead atoms. The van der Waals surface area contributed by atoms with Crippen LogP contribution in [0.4, 0.5) is 0 Å². The minimum atomic E-state index is 0.550. The Hall–Kier alpha value is -1.31. The van der Waals surface area contributed by atoms with Crippen molar-refractivity contribution < 1.29 is 4.79 Å². The highest BCUT2D eigenvalue weighted by molar-refractivity contribution is 7.99. The lowest BCUT2D eigenvalue weighted by Gasteiger charge is -2.09. The van der Waals surface area contributed by atoms with Gasteiger partial charge in [-0.25, -0.2) is 0 Å². The molecule has 0 saturated carbocycles. The van der Waals surface area contributed by atoms with E-state index in [9.17, 15) is 4.79 Å². The summed E-state index contributed by atoms with van der Waals surface area (Å²) in [4.78, 5) is 13.6. The van der Waals surface area contributed by atoms with E-state index in [-0.39, 0.29) is 0 Å². The molecule has 16 heavy (non-hydrogen) atoms. The second-order valence-corrected chi connectivity index (χ2v) is 4.77. The van der Waals surface area contributed by atoms with Gasteiger partial charge >= 0.3 is 0 Å². The monoisotopic (exact) mass is 234 g/mol. The van der Waals surface area contributed by atoms with E-state index in [1.807, 2.05) is 20.2 Å². The van der Waals surface area contributed by atoms with E-state index < -0.39 is 0 Å². The fraction of sp³-hybridized carbons (Fsp3) is 0.333. The summed E-state index contributed by atoms with van der Waals surface area (Å²) in [5.41, 5.74) is 1.13. The average Bonchev–Trinajstić information content (AvgIpc) is 2.29. The zero-order valence-corrected chi connectivity index (χ0v) is 10.3. The summed E-state index contributed by atoms with van der Waals surface area (Å²) < 4.78 is 0. The Morgan fingerprint density at radius 3 is 2.81 bits per heavy atom.